The van der Waals surface area contributed by atoms with Gasteiger partial charge in [-0.2, -0.15) is 0 Å². The van der Waals surface area contributed by atoms with Crippen LogP contribution in [0.4, 0.5) is 0 Å². The van der Waals surface area contributed by atoms with Crippen LogP contribution in [0.25, 0.3) is 0 Å². The lowest BCUT2D eigenvalue weighted by Crippen LogP contribution is -2.06. The smallest absolute Gasteiger partial charge is 0.331 e. The van der Waals surface area contributed by atoms with Gasteiger partial charge < -0.3 is 9.47 Å². The number of carbonyl (C=O) groups excluding carboxylic acids is 2. The molecule has 4 nitrogen and oxygen atoms in total. The molecule has 0 atom stereocenters. The molecule has 0 radical (unpaired) electrons. The zero-order valence-electron chi connectivity index (χ0n) is 11.4. The molecule has 0 N–H and O–H groups in total. The molecule has 0 saturated heterocycles. The maximum absolute atomic E-state index is 11.2. The molecule has 0 amide bonds. The molecular weight excluding hydrogens is 232 g/mol. The Morgan fingerprint density at radius 1 is 0.778 bits per heavy atom. The Morgan fingerprint density at radius 3 is 1.50 bits per heavy atom. The Labute approximate surface area is 109 Å². The third-order valence-corrected chi connectivity index (χ3v) is 2.34. The van der Waals surface area contributed by atoms with Crippen LogP contribution in [0.15, 0.2) is 12.2 Å². The van der Waals surface area contributed by atoms with Crippen molar-refractivity contribution < 1.29 is 19.1 Å². The third-order valence-electron chi connectivity index (χ3n) is 2.34. The summed E-state index contributed by atoms with van der Waals surface area (Å²) in [6.45, 7) is 4.97. The van der Waals surface area contributed by atoms with Crippen LogP contribution < -0.4 is 0 Å². The fourth-order valence-electron chi connectivity index (χ4n) is 1.28. The van der Waals surface area contributed by atoms with Gasteiger partial charge in [-0.05, 0) is 12.8 Å². The van der Waals surface area contributed by atoms with Crippen LogP contribution in [0, 0.1) is 0 Å². The SMILES string of the molecule is CCCCCOC(=O)/C=C\C(=O)OCCCCC. The lowest BCUT2D eigenvalue weighted by atomic mass is 10.3. The second kappa shape index (κ2) is 12.1. The fraction of sp³-hybridized carbons (Fsp3) is 0.714. The largest absolute Gasteiger partial charge is 0.463 e. The van der Waals surface area contributed by atoms with E-state index in [2.05, 4.69) is 13.8 Å². The fourth-order valence-corrected chi connectivity index (χ4v) is 1.28. The molecule has 4 heteroatoms. The van der Waals surface area contributed by atoms with Crippen molar-refractivity contribution in [2.75, 3.05) is 13.2 Å². The Hall–Kier alpha value is -1.32. The summed E-state index contributed by atoms with van der Waals surface area (Å²) in [5, 5.41) is 0. The van der Waals surface area contributed by atoms with Gasteiger partial charge in [-0.25, -0.2) is 9.59 Å². The van der Waals surface area contributed by atoms with Crippen LogP contribution in [-0.2, 0) is 19.1 Å². The summed E-state index contributed by atoms with van der Waals surface area (Å²) in [5.74, 6) is -0.978. The number of esters is 2. The molecule has 0 aliphatic heterocycles. The summed E-state index contributed by atoms with van der Waals surface area (Å²) in [6.07, 6.45) is 8.19. The Bertz CT molecular complexity index is 233. The van der Waals surface area contributed by atoms with Crippen molar-refractivity contribution in [1.82, 2.24) is 0 Å². The highest BCUT2D eigenvalue weighted by Gasteiger charge is 2.00. The number of hydrogen-bond acceptors (Lipinski definition) is 4. The molecule has 0 saturated carbocycles. The van der Waals surface area contributed by atoms with Gasteiger partial charge in [-0.15, -0.1) is 0 Å². The lowest BCUT2D eigenvalue weighted by Gasteiger charge is -2.01. The summed E-state index contributed by atoms with van der Waals surface area (Å²) in [5.41, 5.74) is 0. The summed E-state index contributed by atoms with van der Waals surface area (Å²) in [6, 6.07) is 0. The van der Waals surface area contributed by atoms with Crippen LogP contribution in [0.5, 0.6) is 0 Å². The lowest BCUT2D eigenvalue weighted by molar-refractivity contribution is -0.140. The van der Waals surface area contributed by atoms with Crippen LogP contribution in [0.1, 0.15) is 52.4 Å². The van der Waals surface area contributed by atoms with Crippen molar-refractivity contribution in [3.05, 3.63) is 12.2 Å². The number of carbonyl (C=O) groups is 2. The number of ether oxygens (including phenoxy) is 2. The molecule has 0 bridgehead atoms. The maximum Gasteiger partial charge on any atom is 0.331 e. The summed E-state index contributed by atoms with van der Waals surface area (Å²) < 4.78 is 9.81. The van der Waals surface area contributed by atoms with E-state index in [1.165, 1.54) is 0 Å². The van der Waals surface area contributed by atoms with Gasteiger partial charge in [0.2, 0.25) is 0 Å². The van der Waals surface area contributed by atoms with E-state index < -0.39 is 11.9 Å². The van der Waals surface area contributed by atoms with E-state index in [1.54, 1.807) is 0 Å². The van der Waals surface area contributed by atoms with E-state index in [-0.39, 0.29) is 0 Å². The molecule has 0 fully saturated rings. The second-order valence-corrected chi connectivity index (χ2v) is 4.08. The molecule has 0 aliphatic rings. The average molecular weight is 256 g/mol. The molecule has 0 aliphatic carbocycles. The van der Waals surface area contributed by atoms with Crippen molar-refractivity contribution in [3.8, 4) is 0 Å². The van der Waals surface area contributed by atoms with E-state index in [4.69, 9.17) is 9.47 Å². The standard InChI is InChI=1S/C14H24O4/c1-3-5-7-11-17-13(15)9-10-14(16)18-12-8-6-4-2/h9-10H,3-8,11-12H2,1-2H3/b10-9-. The zero-order chi connectivity index (χ0) is 13.6. The van der Waals surface area contributed by atoms with Gasteiger partial charge in [0.25, 0.3) is 0 Å². The highest BCUT2D eigenvalue weighted by atomic mass is 16.5. The van der Waals surface area contributed by atoms with Crippen LogP contribution in [0.3, 0.4) is 0 Å². The predicted octanol–water partition coefficient (Wildman–Crippen LogP) is 3.01. The van der Waals surface area contributed by atoms with E-state index in [0.29, 0.717) is 13.2 Å². The maximum atomic E-state index is 11.2. The van der Waals surface area contributed by atoms with E-state index >= 15 is 0 Å². The first kappa shape index (κ1) is 16.7. The van der Waals surface area contributed by atoms with Crippen molar-refractivity contribution >= 4 is 11.9 Å². The Balaban J connectivity index is 3.58. The molecule has 0 aromatic rings. The van der Waals surface area contributed by atoms with Gasteiger partial charge in [0, 0.05) is 12.2 Å². The molecule has 0 spiro atoms. The van der Waals surface area contributed by atoms with Gasteiger partial charge in [-0.3, -0.25) is 0 Å². The molecule has 18 heavy (non-hydrogen) atoms. The van der Waals surface area contributed by atoms with Crippen molar-refractivity contribution in [1.29, 1.82) is 0 Å². The Morgan fingerprint density at radius 2 is 1.17 bits per heavy atom. The minimum absolute atomic E-state index is 0.405. The summed E-state index contributed by atoms with van der Waals surface area (Å²) in [4.78, 5) is 22.3. The number of unbranched alkanes of at least 4 members (excludes halogenated alkanes) is 4. The van der Waals surface area contributed by atoms with Crippen LogP contribution in [0.2, 0.25) is 0 Å². The van der Waals surface area contributed by atoms with Crippen LogP contribution in [-0.4, -0.2) is 25.2 Å². The van der Waals surface area contributed by atoms with Gasteiger partial charge >= 0.3 is 11.9 Å². The van der Waals surface area contributed by atoms with Gasteiger partial charge in [-0.1, -0.05) is 39.5 Å². The predicted molar refractivity (Wildman–Crippen MR) is 70.1 cm³/mol. The molecule has 104 valence electrons. The normalized spacial score (nSPS) is 10.6. The monoisotopic (exact) mass is 256 g/mol. The van der Waals surface area contributed by atoms with E-state index in [1.807, 2.05) is 0 Å². The Kier molecular flexibility index (Phi) is 11.3. The topological polar surface area (TPSA) is 52.6 Å². The zero-order valence-corrected chi connectivity index (χ0v) is 11.4. The first-order valence-corrected chi connectivity index (χ1v) is 6.72. The first-order valence-electron chi connectivity index (χ1n) is 6.72. The highest BCUT2D eigenvalue weighted by Crippen LogP contribution is 1.96. The van der Waals surface area contributed by atoms with E-state index in [9.17, 15) is 9.59 Å². The van der Waals surface area contributed by atoms with E-state index in [0.717, 1.165) is 50.7 Å². The van der Waals surface area contributed by atoms with Crippen molar-refractivity contribution in [3.63, 3.8) is 0 Å². The highest BCUT2D eigenvalue weighted by molar-refractivity contribution is 5.91. The van der Waals surface area contributed by atoms with Gasteiger partial charge in [0.15, 0.2) is 0 Å². The minimum Gasteiger partial charge on any atom is -0.463 e. The minimum atomic E-state index is -0.489. The molecule has 0 heterocycles. The molecule has 0 aromatic heterocycles. The summed E-state index contributed by atoms with van der Waals surface area (Å²) in [7, 11) is 0. The first-order chi connectivity index (χ1) is 8.70. The second-order valence-electron chi connectivity index (χ2n) is 4.08. The van der Waals surface area contributed by atoms with Gasteiger partial charge in [0.1, 0.15) is 0 Å². The van der Waals surface area contributed by atoms with Crippen molar-refractivity contribution in [2.24, 2.45) is 0 Å². The molecular formula is C14H24O4. The number of hydrogen-bond donors (Lipinski definition) is 0. The number of rotatable bonds is 10. The average Bonchev–Trinajstić information content (AvgIpc) is 2.37. The molecule has 0 aromatic carbocycles. The van der Waals surface area contributed by atoms with Gasteiger partial charge in [0.05, 0.1) is 13.2 Å². The summed E-state index contributed by atoms with van der Waals surface area (Å²) >= 11 is 0. The third kappa shape index (κ3) is 11.2. The molecule has 0 rings (SSSR count). The van der Waals surface area contributed by atoms with Crippen LogP contribution >= 0.6 is 0 Å². The molecule has 0 unspecified atom stereocenters. The quantitative estimate of drug-likeness (QED) is 0.342. The van der Waals surface area contributed by atoms with Crippen molar-refractivity contribution in [2.45, 2.75) is 52.4 Å².